The van der Waals surface area contributed by atoms with Gasteiger partial charge in [0.15, 0.2) is 0 Å². The number of alkyl halides is 3. The molecule has 3 N–H and O–H groups in total. The Balaban J connectivity index is 1.44. The number of halogens is 3. The van der Waals surface area contributed by atoms with Crippen molar-refractivity contribution in [1.82, 2.24) is 10.3 Å². The van der Waals surface area contributed by atoms with Gasteiger partial charge in [-0.15, -0.1) is 13.2 Å². The molecule has 208 valence electrons. The second-order valence-corrected chi connectivity index (χ2v) is 10.2. The lowest BCUT2D eigenvalue weighted by Gasteiger charge is -2.29. The lowest BCUT2D eigenvalue weighted by molar-refractivity contribution is -0.274. The number of hydrogen-bond donors (Lipinski definition) is 3. The Kier molecular flexibility index (Phi) is 7.29. The van der Waals surface area contributed by atoms with Gasteiger partial charge in [0.05, 0.1) is 17.7 Å². The summed E-state index contributed by atoms with van der Waals surface area (Å²) < 4.78 is 43.8. The third kappa shape index (κ3) is 5.81. The molecule has 0 radical (unpaired) electrons. The van der Waals surface area contributed by atoms with E-state index < -0.39 is 30.2 Å². The Hall–Kier alpha value is -4.31. The summed E-state index contributed by atoms with van der Waals surface area (Å²) in [6.07, 6.45) is -1.72. The van der Waals surface area contributed by atoms with E-state index in [1.165, 1.54) is 12.1 Å². The van der Waals surface area contributed by atoms with Crippen molar-refractivity contribution in [2.75, 3.05) is 18.1 Å². The molecule has 1 fully saturated rings. The Bertz CT molecular complexity index is 1550. The Morgan fingerprint density at radius 2 is 1.80 bits per heavy atom. The summed E-state index contributed by atoms with van der Waals surface area (Å²) in [6, 6.07) is 18.5. The number of aliphatic hydroxyl groups is 1. The topological polar surface area (TPSA) is 94.7 Å². The molecule has 1 aromatic heterocycles. The van der Waals surface area contributed by atoms with Crippen molar-refractivity contribution in [2.45, 2.75) is 38.1 Å². The number of anilines is 1. The summed E-state index contributed by atoms with van der Waals surface area (Å²) >= 11 is 0. The van der Waals surface area contributed by atoms with Gasteiger partial charge < -0.3 is 25.0 Å². The molecule has 2 amide bonds. The van der Waals surface area contributed by atoms with Crippen LogP contribution in [0.4, 0.5) is 18.9 Å². The van der Waals surface area contributed by atoms with Gasteiger partial charge >= 0.3 is 6.36 Å². The molecule has 1 saturated heterocycles. The van der Waals surface area contributed by atoms with Crippen LogP contribution in [0.3, 0.4) is 0 Å². The van der Waals surface area contributed by atoms with Crippen LogP contribution in [0.1, 0.15) is 35.7 Å². The lowest BCUT2D eigenvalue weighted by Crippen LogP contribution is -2.50. The van der Waals surface area contributed by atoms with E-state index in [2.05, 4.69) is 15.0 Å². The van der Waals surface area contributed by atoms with Crippen molar-refractivity contribution in [3.8, 4) is 16.9 Å². The second-order valence-electron chi connectivity index (χ2n) is 10.2. The minimum atomic E-state index is -5.01. The molecule has 5 rings (SSSR count). The van der Waals surface area contributed by atoms with Gasteiger partial charge in [-0.1, -0.05) is 36.4 Å². The van der Waals surface area contributed by atoms with Gasteiger partial charge in [-0.2, -0.15) is 0 Å². The lowest BCUT2D eigenvalue weighted by atomic mass is 9.92. The number of fused-ring (bicyclic) bond motifs is 1. The highest BCUT2D eigenvalue weighted by Crippen LogP contribution is 2.33. The summed E-state index contributed by atoms with van der Waals surface area (Å²) in [4.78, 5) is 30.3. The number of aromatic nitrogens is 1. The number of aromatic amines is 1. The van der Waals surface area contributed by atoms with E-state index >= 15 is 0 Å². The molecule has 2 heterocycles. The van der Waals surface area contributed by atoms with Gasteiger partial charge in [-0.3, -0.25) is 9.59 Å². The minimum absolute atomic E-state index is 0.0416. The number of para-hydroxylation sites is 1. The number of hydrogen-bond acceptors (Lipinski definition) is 4. The molecule has 10 heteroatoms. The number of carbonyl (C=O) groups excluding carboxylic acids is 2. The summed E-state index contributed by atoms with van der Waals surface area (Å²) in [5, 5.41) is 13.9. The van der Waals surface area contributed by atoms with Gasteiger partial charge in [0, 0.05) is 35.8 Å². The number of benzene rings is 3. The maximum Gasteiger partial charge on any atom is 0.573 e. The monoisotopic (exact) mass is 551 g/mol. The van der Waals surface area contributed by atoms with Crippen LogP contribution in [-0.2, 0) is 11.2 Å². The molecule has 40 heavy (non-hydrogen) atoms. The molecule has 7 nitrogen and oxygen atoms in total. The van der Waals surface area contributed by atoms with Crippen LogP contribution in [0.2, 0.25) is 0 Å². The first kappa shape index (κ1) is 27.3. The molecule has 0 aliphatic carbocycles. The minimum Gasteiger partial charge on any atom is -0.405 e. The van der Waals surface area contributed by atoms with Crippen LogP contribution in [0.5, 0.6) is 5.75 Å². The zero-order valence-electron chi connectivity index (χ0n) is 21.7. The van der Waals surface area contributed by atoms with Gasteiger partial charge in [0.2, 0.25) is 5.91 Å². The third-order valence-electron chi connectivity index (χ3n) is 7.06. The van der Waals surface area contributed by atoms with Crippen molar-refractivity contribution in [3.63, 3.8) is 0 Å². The van der Waals surface area contributed by atoms with E-state index in [0.717, 1.165) is 34.6 Å². The quantitative estimate of drug-likeness (QED) is 0.266. The summed E-state index contributed by atoms with van der Waals surface area (Å²) in [7, 11) is 0. The number of H-pyrrole nitrogens is 1. The van der Waals surface area contributed by atoms with E-state index in [1.807, 2.05) is 24.3 Å². The average molecular weight is 552 g/mol. The van der Waals surface area contributed by atoms with E-state index in [4.69, 9.17) is 0 Å². The molecule has 0 saturated carbocycles. The molecular formula is C30H28F3N3O4. The largest absolute Gasteiger partial charge is 0.573 e. The molecule has 1 aliphatic rings. The van der Waals surface area contributed by atoms with Gasteiger partial charge in [-0.25, -0.2) is 0 Å². The normalized spacial score (nSPS) is 15.3. The van der Waals surface area contributed by atoms with Gasteiger partial charge in [-0.05, 0) is 66.8 Å². The van der Waals surface area contributed by atoms with Crippen LogP contribution in [0, 0.1) is 0 Å². The summed E-state index contributed by atoms with van der Waals surface area (Å²) in [6.45, 7) is 1.80. The zero-order valence-corrected chi connectivity index (χ0v) is 21.7. The van der Waals surface area contributed by atoms with Crippen molar-refractivity contribution < 1.29 is 32.6 Å². The van der Waals surface area contributed by atoms with Crippen molar-refractivity contribution in [3.05, 3.63) is 84.1 Å². The predicted octanol–water partition coefficient (Wildman–Crippen LogP) is 5.58. The smallest absolute Gasteiger partial charge is 0.405 e. The molecule has 1 atom stereocenters. The van der Waals surface area contributed by atoms with Crippen LogP contribution in [0.15, 0.2) is 72.9 Å². The number of nitrogens with one attached hydrogen (secondary N) is 2. The third-order valence-corrected chi connectivity index (χ3v) is 7.06. The highest BCUT2D eigenvalue weighted by atomic mass is 19.4. The Morgan fingerprint density at radius 3 is 2.48 bits per heavy atom. The van der Waals surface area contributed by atoms with Crippen LogP contribution in [0.25, 0.3) is 22.0 Å². The van der Waals surface area contributed by atoms with Gasteiger partial charge in [0.25, 0.3) is 5.91 Å². The molecule has 0 bridgehead atoms. The number of ether oxygens (including phenoxy) is 1. The van der Waals surface area contributed by atoms with E-state index in [0.29, 0.717) is 24.1 Å². The maximum absolute atomic E-state index is 13.4. The highest BCUT2D eigenvalue weighted by molar-refractivity contribution is 5.99. The number of carbonyl (C=O) groups is 2. The first-order chi connectivity index (χ1) is 19.0. The molecule has 4 aromatic rings. The average Bonchev–Trinajstić information content (AvgIpc) is 3.54. The SMILES string of the molecule is CC(CO)(Cc1c[nH]c2ccccc12)NC(=O)c1cc(-c2ccc(N3CCCC3=O)cc2)ccc1OC(F)(F)F. The van der Waals surface area contributed by atoms with Crippen molar-refractivity contribution in [2.24, 2.45) is 0 Å². The van der Waals surface area contributed by atoms with Crippen molar-refractivity contribution >= 4 is 28.4 Å². The first-order valence-electron chi connectivity index (χ1n) is 12.8. The van der Waals surface area contributed by atoms with E-state index in [-0.39, 0.29) is 17.9 Å². The van der Waals surface area contributed by atoms with E-state index in [9.17, 15) is 27.9 Å². The fourth-order valence-corrected chi connectivity index (χ4v) is 5.03. The highest BCUT2D eigenvalue weighted by Gasteiger charge is 2.35. The molecule has 3 aromatic carbocycles. The first-order valence-corrected chi connectivity index (χ1v) is 12.8. The van der Waals surface area contributed by atoms with Crippen LogP contribution in [-0.4, -0.2) is 47.0 Å². The predicted molar refractivity (Wildman–Crippen MR) is 145 cm³/mol. The van der Waals surface area contributed by atoms with Crippen LogP contribution < -0.4 is 15.0 Å². The fourth-order valence-electron chi connectivity index (χ4n) is 5.03. The summed E-state index contributed by atoms with van der Waals surface area (Å²) in [5.41, 5.74) is 2.08. The van der Waals surface area contributed by atoms with Gasteiger partial charge in [0.1, 0.15) is 5.75 Å². The Labute approximate surface area is 228 Å². The fraction of sp³-hybridized carbons (Fsp3) is 0.267. The molecular weight excluding hydrogens is 523 g/mol. The van der Waals surface area contributed by atoms with E-state index in [1.54, 1.807) is 42.3 Å². The number of nitrogens with zero attached hydrogens (tertiary/aromatic N) is 1. The zero-order chi connectivity index (χ0) is 28.5. The number of aliphatic hydroxyl groups excluding tert-OH is 1. The molecule has 0 spiro atoms. The van der Waals surface area contributed by atoms with Crippen LogP contribution >= 0.6 is 0 Å². The standard InChI is InChI=1S/C30H28F3N3O4/c1-29(18-37,16-21-17-34-25-6-3-2-5-23(21)25)35-28(39)24-15-20(10-13-26(24)40-30(31,32)33)19-8-11-22(12-9-19)36-14-4-7-27(36)38/h2-3,5-6,8-13,15,17,34,37H,4,7,14,16,18H2,1H3,(H,35,39). The maximum atomic E-state index is 13.4. The molecule has 1 unspecified atom stereocenters. The second kappa shape index (κ2) is 10.7. The Morgan fingerprint density at radius 1 is 1.07 bits per heavy atom. The summed E-state index contributed by atoms with van der Waals surface area (Å²) in [5.74, 6) is -1.43. The number of rotatable bonds is 8. The van der Waals surface area contributed by atoms with Crippen molar-refractivity contribution in [1.29, 1.82) is 0 Å². The molecule has 1 aliphatic heterocycles. The number of amides is 2.